The molecule has 0 amide bonds. The first-order valence-corrected chi connectivity index (χ1v) is 7.46. The van der Waals surface area contributed by atoms with Crippen molar-refractivity contribution in [3.63, 3.8) is 0 Å². The largest absolute Gasteiger partial charge is 0.381 e. The number of thiophene rings is 1. The summed E-state index contributed by atoms with van der Waals surface area (Å²) in [6.07, 6.45) is 3.75. The molecule has 0 unspecified atom stereocenters. The number of nitrogens with zero attached hydrogens (tertiary/aromatic N) is 2. The lowest BCUT2D eigenvalue weighted by Crippen LogP contribution is -2.37. The summed E-state index contributed by atoms with van der Waals surface area (Å²) in [5, 5.41) is 6.10. The fourth-order valence-corrected chi connectivity index (χ4v) is 3.07. The molecular formula is C13H17N3O2S. The minimum absolute atomic E-state index is 0.0556. The summed E-state index contributed by atoms with van der Waals surface area (Å²) in [6, 6.07) is 2.36. The monoisotopic (exact) mass is 279 g/mol. The summed E-state index contributed by atoms with van der Waals surface area (Å²) in [7, 11) is 0. The first-order chi connectivity index (χ1) is 9.34. The highest BCUT2D eigenvalue weighted by Gasteiger charge is 2.12. The van der Waals surface area contributed by atoms with Crippen molar-refractivity contribution in [2.45, 2.75) is 25.4 Å². The van der Waals surface area contributed by atoms with Crippen molar-refractivity contribution in [1.82, 2.24) is 14.9 Å². The van der Waals surface area contributed by atoms with Gasteiger partial charge in [0.1, 0.15) is 4.83 Å². The quantitative estimate of drug-likeness (QED) is 0.914. The number of aromatic nitrogens is 2. The predicted octanol–water partition coefficient (Wildman–Crippen LogP) is 1.23. The van der Waals surface area contributed by atoms with Crippen LogP contribution >= 0.6 is 11.3 Å². The Morgan fingerprint density at radius 1 is 1.47 bits per heavy atom. The van der Waals surface area contributed by atoms with Crippen LogP contribution in [0.1, 0.15) is 12.8 Å². The van der Waals surface area contributed by atoms with Crippen molar-refractivity contribution in [3.05, 3.63) is 28.1 Å². The third-order valence-corrected chi connectivity index (χ3v) is 4.28. The van der Waals surface area contributed by atoms with E-state index in [9.17, 15) is 4.79 Å². The van der Waals surface area contributed by atoms with Crippen LogP contribution in [0.4, 0.5) is 0 Å². The number of nitrogens with one attached hydrogen (secondary N) is 1. The van der Waals surface area contributed by atoms with Gasteiger partial charge in [-0.15, -0.1) is 11.3 Å². The average molecular weight is 279 g/mol. The van der Waals surface area contributed by atoms with Crippen LogP contribution in [-0.4, -0.2) is 35.4 Å². The van der Waals surface area contributed by atoms with Gasteiger partial charge in [0.05, 0.1) is 11.7 Å². The second-order valence-corrected chi connectivity index (χ2v) is 5.62. The second kappa shape index (κ2) is 5.81. The second-order valence-electron chi connectivity index (χ2n) is 4.72. The highest BCUT2D eigenvalue weighted by Crippen LogP contribution is 2.13. The predicted molar refractivity (Wildman–Crippen MR) is 75.7 cm³/mol. The van der Waals surface area contributed by atoms with Gasteiger partial charge in [-0.3, -0.25) is 9.36 Å². The normalized spacial score (nSPS) is 17.1. The van der Waals surface area contributed by atoms with Gasteiger partial charge >= 0.3 is 0 Å². The number of hydrogen-bond acceptors (Lipinski definition) is 5. The Morgan fingerprint density at radius 3 is 3.16 bits per heavy atom. The molecule has 0 saturated carbocycles. The average Bonchev–Trinajstić information content (AvgIpc) is 2.92. The molecule has 1 fully saturated rings. The minimum atomic E-state index is 0.0556. The van der Waals surface area contributed by atoms with Gasteiger partial charge in [-0.2, -0.15) is 0 Å². The van der Waals surface area contributed by atoms with E-state index < -0.39 is 0 Å². The lowest BCUT2D eigenvalue weighted by atomic mass is 10.1. The van der Waals surface area contributed by atoms with Gasteiger partial charge in [-0.25, -0.2) is 4.98 Å². The van der Waals surface area contributed by atoms with Gasteiger partial charge in [0.2, 0.25) is 0 Å². The highest BCUT2D eigenvalue weighted by atomic mass is 32.1. The maximum Gasteiger partial charge on any atom is 0.262 e. The van der Waals surface area contributed by atoms with Crippen LogP contribution in [0.2, 0.25) is 0 Å². The van der Waals surface area contributed by atoms with E-state index in [2.05, 4.69) is 10.3 Å². The van der Waals surface area contributed by atoms with Crippen molar-refractivity contribution in [2.75, 3.05) is 19.8 Å². The van der Waals surface area contributed by atoms with E-state index in [1.54, 1.807) is 10.9 Å². The molecule has 1 aliphatic rings. The zero-order valence-electron chi connectivity index (χ0n) is 10.7. The topological polar surface area (TPSA) is 56.2 Å². The van der Waals surface area contributed by atoms with E-state index in [1.165, 1.54) is 11.3 Å². The van der Waals surface area contributed by atoms with Gasteiger partial charge in [0.15, 0.2) is 0 Å². The lowest BCUT2D eigenvalue weighted by molar-refractivity contribution is 0.0778. The Labute approximate surface area is 115 Å². The molecule has 2 aromatic heterocycles. The molecule has 1 saturated heterocycles. The molecule has 0 aliphatic carbocycles. The van der Waals surface area contributed by atoms with Crippen LogP contribution < -0.4 is 10.9 Å². The number of fused-ring (bicyclic) bond motifs is 1. The Morgan fingerprint density at radius 2 is 2.32 bits per heavy atom. The molecule has 3 heterocycles. The van der Waals surface area contributed by atoms with Crippen LogP contribution in [0.25, 0.3) is 10.2 Å². The maximum absolute atomic E-state index is 12.2. The van der Waals surface area contributed by atoms with Crippen LogP contribution in [0.3, 0.4) is 0 Å². The summed E-state index contributed by atoms with van der Waals surface area (Å²) in [5.74, 6) is 0. The first kappa shape index (κ1) is 12.8. The van der Waals surface area contributed by atoms with Crippen molar-refractivity contribution >= 4 is 21.6 Å². The van der Waals surface area contributed by atoms with Crippen LogP contribution in [-0.2, 0) is 11.3 Å². The van der Waals surface area contributed by atoms with Crippen molar-refractivity contribution in [1.29, 1.82) is 0 Å². The fraction of sp³-hybridized carbons (Fsp3) is 0.538. The van der Waals surface area contributed by atoms with Gasteiger partial charge in [-0.1, -0.05) is 0 Å². The minimum Gasteiger partial charge on any atom is -0.381 e. The molecule has 1 N–H and O–H groups in total. The van der Waals surface area contributed by atoms with E-state index in [4.69, 9.17) is 4.74 Å². The molecule has 0 atom stereocenters. The molecule has 0 radical (unpaired) electrons. The van der Waals surface area contributed by atoms with Crippen molar-refractivity contribution < 1.29 is 4.74 Å². The summed E-state index contributed by atoms with van der Waals surface area (Å²) in [6.45, 7) is 3.12. The number of ether oxygens (including phenoxy) is 1. The number of hydrogen-bond donors (Lipinski definition) is 1. The molecule has 0 bridgehead atoms. The number of rotatable bonds is 4. The summed E-state index contributed by atoms with van der Waals surface area (Å²) < 4.78 is 7.00. The third kappa shape index (κ3) is 2.86. The molecule has 1 aliphatic heterocycles. The molecule has 2 aromatic rings. The first-order valence-electron chi connectivity index (χ1n) is 6.58. The van der Waals surface area contributed by atoms with Crippen LogP contribution in [0.15, 0.2) is 22.6 Å². The van der Waals surface area contributed by atoms with E-state index in [0.717, 1.165) is 42.8 Å². The Kier molecular flexibility index (Phi) is 3.91. The Bertz CT molecular complexity index is 601. The molecule has 5 nitrogen and oxygen atoms in total. The molecule has 102 valence electrons. The van der Waals surface area contributed by atoms with Crippen LogP contribution in [0.5, 0.6) is 0 Å². The van der Waals surface area contributed by atoms with Gasteiger partial charge < -0.3 is 10.1 Å². The lowest BCUT2D eigenvalue weighted by Gasteiger charge is -2.23. The van der Waals surface area contributed by atoms with E-state index >= 15 is 0 Å². The van der Waals surface area contributed by atoms with Gasteiger partial charge in [0.25, 0.3) is 5.56 Å². The summed E-state index contributed by atoms with van der Waals surface area (Å²) >= 11 is 1.50. The standard InChI is InChI=1S/C13H17N3O2S/c17-13-11-3-8-19-12(11)15-9-16(13)5-4-14-10-1-6-18-7-2-10/h3,8-10,14H,1-2,4-7H2. The van der Waals surface area contributed by atoms with Crippen molar-refractivity contribution in [2.24, 2.45) is 0 Å². The summed E-state index contributed by atoms with van der Waals surface area (Å²) in [4.78, 5) is 17.3. The van der Waals surface area contributed by atoms with E-state index in [1.807, 2.05) is 11.4 Å². The zero-order chi connectivity index (χ0) is 13.1. The Balaban J connectivity index is 1.61. The fourth-order valence-electron chi connectivity index (χ4n) is 2.34. The third-order valence-electron chi connectivity index (χ3n) is 3.46. The highest BCUT2D eigenvalue weighted by molar-refractivity contribution is 7.16. The van der Waals surface area contributed by atoms with Crippen LogP contribution in [0, 0.1) is 0 Å². The van der Waals surface area contributed by atoms with Crippen molar-refractivity contribution in [3.8, 4) is 0 Å². The zero-order valence-corrected chi connectivity index (χ0v) is 11.5. The molecule has 19 heavy (non-hydrogen) atoms. The van der Waals surface area contributed by atoms with E-state index in [-0.39, 0.29) is 5.56 Å². The smallest absolute Gasteiger partial charge is 0.262 e. The van der Waals surface area contributed by atoms with Gasteiger partial charge in [0, 0.05) is 32.3 Å². The molecular weight excluding hydrogens is 262 g/mol. The van der Waals surface area contributed by atoms with E-state index in [0.29, 0.717) is 12.6 Å². The maximum atomic E-state index is 12.2. The Hall–Kier alpha value is -1.24. The molecule has 0 aromatic carbocycles. The van der Waals surface area contributed by atoms with Gasteiger partial charge in [-0.05, 0) is 24.3 Å². The molecule has 0 spiro atoms. The SMILES string of the molecule is O=c1c2ccsc2ncn1CCNC1CCOCC1. The summed E-state index contributed by atoms with van der Waals surface area (Å²) in [5.41, 5.74) is 0.0556. The molecule has 6 heteroatoms. The molecule has 3 rings (SSSR count).